The second kappa shape index (κ2) is 6.03. The normalized spacial score (nSPS) is 18.4. The molecule has 0 aliphatic heterocycles. The number of anilines is 1. The molecule has 4 heteroatoms. The molecule has 0 bridgehead atoms. The van der Waals surface area contributed by atoms with E-state index in [1.165, 1.54) is 32.1 Å². The van der Waals surface area contributed by atoms with Crippen LogP contribution in [-0.2, 0) is 0 Å². The van der Waals surface area contributed by atoms with Crippen LogP contribution in [0.5, 0.6) is 5.88 Å². The molecule has 1 N–H and O–H groups in total. The first-order chi connectivity index (χ1) is 8.69. The van der Waals surface area contributed by atoms with Gasteiger partial charge in [0.25, 0.3) is 0 Å². The van der Waals surface area contributed by atoms with Gasteiger partial charge in [-0.1, -0.05) is 19.3 Å². The number of hydrogen-bond donors (Lipinski definition) is 1. The first-order valence-electron chi connectivity index (χ1n) is 6.85. The van der Waals surface area contributed by atoms with Crippen LogP contribution in [-0.4, -0.2) is 23.1 Å². The van der Waals surface area contributed by atoms with Crippen LogP contribution >= 0.6 is 0 Å². The molecule has 4 nitrogen and oxygen atoms in total. The Balaban J connectivity index is 2.01. The molecular weight excluding hydrogens is 226 g/mol. The van der Waals surface area contributed by atoms with Crippen molar-refractivity contribution in [2.45, 2.75) is 52.0 Å². The van der Waals surface area contributed by atoms with Crippen molar-refractivity contribution >= 4 is 5.95 Å². The second-order valence-corrected chi connectivity index (χ2v) is 5.21. The van der Waals surface area contributed by atoms with E-state index >= 15 is 0 Å². The fourth-order valence-electron chi connectivity index (χ4n) is 2.66. The van der Waals surface area contributed by atoms with Crippen molar-refractivity contribution in [2.75, 3.05) is 12.4 Å². The molecule has 1 fully saturated rings. The molecule has 2 rings (SSSR count). The quantitative estimate of drug-likeness (QED) is 0.890. The zero-order valence-electron chi connectivity index (χ0n) is 11.6. The molecule has 18 heavy (non-hydrogen) atoms. The number of nitrogens with zero attached hydrogens (tertiary/aromatic N) is 2. The molecule has 1 atom stereocenters. The van der Waals surface area contributed by atoms with Crippen LogP contribution in [0.3, 0.4) is 0 Å². The molecule has 1 heterocycles. The molecule has 1 unspecified atom stereocenters. The van der Waals surface area contributed by atoms with Gasteiger partial charge in [-0.05, 0) is 32.6 Å². The maximum atomic E-state index is 5.17. The zero-order valence-corrected chi connectivity index (χ0v) is 11.6. The molecule has 0 radical (unpaired) electrons. The zero-order chi connectivity index (χ0) is 13.0. The highest BCUT2D eigenvalue weighted by molar-refractivity contribution is 5.31. The summed E-state index contributed by atoms with van der Waals surface area (Å²) in [4.78, 5) is 8.76. The van der Waals surface area contributed by atoms with Gasteiger partial charge in [0.1, 0.15) is 0 Å². The molecule has 0 saturated heterocycles. The third kappa shape index (κ3) is 3.34. The van der Waals surface area contributed by atoms with E-state index in [4.69, 9.17) is 4.74 Å². The molecule has 0 spiro atoms. The summed E-state index contributed by atoms with van der Waals surface area (Å²) in [5, 5.41) is 3.42. The number of nitrogens with one attached hydrogen (secondary N) is 1. The maximum absolute atomic E-state index is 5.17. The second-order valence-electron chi connectivity index (χ2n) is 5.21. The Kier molecular flexibility index (Phi) is 4.39. The van der Waals surface area contributed by atoms with Gasteiger partial charge in [-0.25, -0.2) is 4.98 Å². The van der Waals surface area contributed by atoms with Gasteiger partial charge in [-0.15, -0.1) is 0 Å². The Morgan fingerprint density at radius 1 is 1.28 bits per heavy atom. The van der Waals surface area contributed by atoms with E-state index in [1.54, 1.807) is 7.11 Å². The highest BCUT2D eigenvalue weighted by atomic mass is 16.5. The Bertz CT molecular complexity index is 389. The van der Waals surface area contributed by atoms with Crippen molar-refractivity contribution in [3.05, 3.63) is 11.8 Å². The summed E-state index contributed by atoms with van der Waals surface area (Å²) in [6.45, 7) is 4.19. The predicted octanol–water partition coefficient (Wildman–Crippen LogP) is 3.17. The van der Waals surface area contributed by atoms with Gasteiger partial charge in [0.15, 0.2) is 0 Å². The van der Waals surface area contributed by atoms with Crippen LogP contribution in [0.4, 0.5) is 5.95 Å². The van der Waals surface area contributed by atoms with Crippen molar-refractivity contribution in [1.82, 2.24) is 9.97 Å². The van der Waals surface area contributed by atoms with E-state index < -0.39 is 0 Å². The molecule has 0 amide bonds. The maximum Gasteiger partial charge on any atom is 0.226 e. The first kappa shape index (κ1) is 13.1. The summed E-state index contributed by atoms with van der Waals surface area (Å²) in [5.74, 6) is 2.06. The fourth-order valence-corrected chi connectivity index (χ4v) is 2.66. The fraction of sp³-hybridized carbons (Fsp3) is 0.714. The monoisotopic (exact) mass is 249 g/mol. The van der Waals surface area contributed by atoms with Crippen LogP contribution < -0.4 is 10.1 Å². The molecule has 1 aliphatic rings. The van der Waals surface area contributed by atoms with Gasteiger partial charge >= 0.3 is 0 Å². The van der Waals surface area contributed by atoms with E-state index in [2.05, 4.69) is 22.2 Å². The van der Waals surface area contributed by atoms with E-state index in [-0.39, 0.29) is 0 Å². The lowest BCUT2D eigenvalue weighted by Gasteiger charge is -2.28. The largest absolute Gasteiger partial charge is 0.481 e. The lowest BCUT2D eigenvalue weighted by Crippen LogP contribution is -2.28. The number of rotatable bonds is 4. The minimum absolute atomic E-state index is 0.428. The van der Waals surface area contributed by atoms with Gasteiger partial charge in [0.2, 0.25) is 11.8 Å². The lowest BCUT2D eigenvalue weighted by atomic mass is 9.85. The van der Waals surface area contributed by atoms with Crippen LogP contribution in [0, 0.1) is 12.8 Å². The number of aromatic nitrogens is 2. The van der Waals surface area contributed by atoms with E-state index in [9.17, 15) is 0 Å². The van der Waals surface area contributed by atoms with Gasteiger partial charge in [-0.2, -0.15) is 4.98 Å². The molecule has 0 aromatic carbocycles. The standard InChI is InChI=1S/C14H23N3O/c1-10-9-13(18-3)17-14(15-10)16-11(2)12-7-5-4-6-8-12/h9,11-12H,4-8H2,1-3H3,(H,15,16,17). The van der Waals surface area contributed by atoms with Gasteiger partial charge in [0, 0.05) is 17.8 Å². The molecule has 1 aromatic heterocycles. The van der Waals surface area contributed by atoms with Crippen molar-refractivity contribution in [2.24, 2.45) is 5.92 Å². The highest BCUT2D eigenvalue weighted by Crippen LogP contribution is 2.27. The topological polar surface area (TPSA) is 47.0 Å². The van der Waals surface area contributed by atoms with Gasteiger partial charge in [0.05, 0.1) is 7.11 Å². The van der Waals surface area contributed by atoms with Crippen molar-refractivity contribution in [1.29, 1.82) is 0 Å². The van der Waals surface area contributed by atoms with Gasteiger partial charge < -0.3 is 10.1 Å². The average molecular weight is 249 g/mol. The summed E-state index contributed by atoms with van der Waals surface area (Å²) in [6, 6.07) is 2.27. The van der Waals surface area contributed by atoms with Crippen molar-refractivity contribution in [3.63, 3.8) is 0 Å². The SMILES string of the molecule is COc1cc(C)nc(NC(C)C2CCCCC2)n1. The molecule has 100 valence electrons. The van der Waals surface area contributed by atoms with Crippen LogP contribution in [0.2, 0.25) is 0 Å². The Labute approximate surface area is 109 Å². The van der Waals surface area contributed by atoms with Crippen LogP contribution in [0.15, 0.2) is 6.07 Å². The average Bonchev–Trinajstić information content (AvgIpc) is 2.39. The summed E-state index contributed by atoms with van der Waals surface area (Å²) < 4.78 is 5.17. The number of ether oxygens (including phenoxy) is 1. The van der Waals surface area contributed by atoms with E-state index in [0.29, 0.717) is 17.9 Å². The molecule has 1 aliphatic carbocycles. The van der Waals surface area contributed by atoms with Gasteiger partial charge in [-0.3, -0.25) is 0 Å². The summed E-state index contributed by atoms with van der Waals surface area (Å²) in [5.41, 5.74) is 0.931. The smallest absolute Gasteiger partial charge is 0.226 e. The van der Waals surface area contributed by atoms with Crippen molar-refractivity contribution in [3.8, 4) is 5.88 Å². The summed E-state index contributed by atoms with van der Waals surface area (Å²) in [6.07, 6.45) is 6.73. The number of aryl methyl sites for hydroxylation is 1. The Morgan fingerprint density at radius 2 is 2.00 bits per heavy atom. The van der Waals surface area contributed by atoms with E-state index in [1.807, 2.05) is 13.0 Å². The number of methoxy groups -OCH3 is 1. The Morgan fingerprint density at radius 3 is 2.67 bits per heavy atom. The third-order valence-corrected chi connectivity index (χ3v) is 3.75. The number of hydrogen-bond acceptors (Lipinski definition) is 4. The van der Waals surface area contributed by atoms with Crippen LogP contribution in [0.1, 0.15) is 44.7 Å². The Hall–Kier alpha value is -1.32. The minimum Gasteiger partial charge on any atom is -0.481 e. The van der Waals surface area contributed by atoms with Crippen molar-refractivity contribution < 1.29 is 4.74 Å². The van der Waals surface area contributed by atoms with E-state index in [0.717, 1.165) is 11.6 Å². The first-order valence-corrected chi connectivity index (χ1v) is 6.85. The molecule has 1 aromatic rings. The third-order valence-electron chi connectivity index (χ3n) is 3.75. The summed E-state index contributed by atoms with van der Waals surface area (Å²) in [7, 11) is 1.64. The summed E-state index contributed by atoms with van der Waals surface area (Å²) >= 11 is 0. The predicted molar refractivity (Wildman–Crippen MR) is 73.0 cm³/mol. The van der Waals surface area contributed by atoms with Crippen LogP contribution in [0.25, 0.3) is 0 Å². The lowest BCUT2D eigenvalue weighted by molar-refractivity contribution is 0.327. The highest BCUT2D eigenvalue weighted by Gasteiger charge is 2.20. The molecule has 1 saturated carbocycles. The minimum atomic E-state index is 0.428. The molecular formula is C14H23N3O.